The number of hydrogen-bond acceptors (Lipinski definition) is 3. The summed E-state index contributed by atoms with van der Waals surface area (Å²) in [5.74, 6) is 0.393. The fourth-order valence-electron chi connectivity index (χ4n) is 2.66. The molecule has 2 amide bonds. The molecule has 3 N–H and O–H groups in total. The first kappa shape index (κ1) is 12.7. The molecule has 102 valence electrons. The van der Waals surface area contributed by atoms with Crippen molar-refractivity contribution in [3.63, 3.8) is 0 Å². The number of thiophene rings is 1. The van der Waals surface area contributed by atoms with E-state index in [1.807, 2.05) is 0 Å². The number of carbonyl (C=O) groups excluding carboxylic acids is 2. The molecule has 0 aromatic carbocycles. The van der Waals surface area contributed by atoms with Crippen LogP contribution in [0.4, 0.5) is 5.00 Å². The van der Waals surface area contributed by atoms with Crippen LogP contribution in [0.1, 0.15) is 47.0 Å². The van der Waals surface area contributed by atoms with Crippen LogP contribution < -0.4 is 11.1 Å². The van der Waals surface area contributed by atoms with Gasteiger partial charge in [0.25, 0.3) is 5.91 Å². The fourth-order valence-corrected chi connectivity index (χ4v) is 4.08. The van der Waals surface area contributed by atoms with Crippen LogP contribution in [-0.4, -0.2) is 11.8 Å². The molecule has 0 radical (unpaired) electrons. The first-order valence-corrected chi connectivity index (χ1v) is 7.63. The lowest BCUT2D eigenvalue weighted by atomic mass is 9.88. The molecule has 0 bridgehead atoms. The minimum Gasteiger partial charge on any atom is -0.365 e. The van der Waals surface area contributed by atoms with Gasteiger partial charge in [0.1, 0.15) is 5.00 Å². The van der Waals surface area contributed by atoms with Crippen LogP contribution in [0.5, 0.6) is 0 Å². The Bertz CT molecular complexity index is 546. The van der Waals surface area contributed by atoms with Gasteiger partial charge in [-0.15, -0.1) is 11.3 Å². The van der Waals surface area contributed by atoms with Crippen molar-refractivity contribution in [2.24, 2.45) is 17.6 Å². The van der Waals surface area contributed by atoms with Crippen molar-refractivity contribution in [1.82, 2.24) is 0 Å². The van der Waals surface area contributed by atoms with E-state index in [-0.39, 0.29) is 11.8 Å². The monoisotopic (exact) mass is 278 g/mol. The topological polar surface area (TPSA) is 72.2 Å². The molecule has 4 nitrogen and oxygen atoms in total. The Morgan fingerprint density at radius 3 is 2.68 bits per heavy atom. The highest BCUT2D eigenvalue weighted by Gasteiger charge is 2.32. The van der Waals surface area contributed by atoms with Gasteiger partial charge in [0.15, 0.2) is 0 Å². The Kier molecular flexibility index (Phi) is 3.09. The van der Waals surface area contributed by atoms with Crippen molar-refractivity contribution >= 4 is 28.2 Å². The smallest absolute Gasteiger partial charge is 0.251 e. The van der Waals surface area contributed by atoms with Gasteiger partial charge in [-0.1, -0.05) is 6.92 Å². The summed E-state index contributed by atoms with van der Waals surface area (Å²) in [6.07, 6.45) is 4.88. The highest BCUT2D eigenvalue weighted by atomic mass is 32.1. The van der Waals surface area contributed by atoms with E-state index in [1.54, 1.807) is 0 Å². The normalized spacial score (nSPS) is 21.8. The van der Waals surface area contributed by atoms with E-state index in [1.165, 1.54) is 16.2 Å². The maximum absolute atomic E-state index is 11.9. The van der Waals surface area contributed by atoms with Gasteiger partial charge in [-0.2, -0.15) is 0 Å². The van der Waals surface area contributed by atoms with Crippen LogP contribution >= 0.6 is 11.3 Å². The van der Waals surface area contributed by atoms with Gasteiger partial charge < -0.3 is 11.1 Å². The van der Waals surface area contributed by atoms with Crippen molar-refractivity contribution in [2.45, 2.75) is 39.0 Å². The molecule has 3 rings (SSSR count). The second-order valence-corrected chi connectivity index (χ2v) is 6.79. The largest absolute Gasteiger partial charge is 0.365 e. The molecule has 1 heterocycles. The van der Waals surface area contributed by atoms with Crippen molar-refractivity contribution in [3.05, 3.63) is 16.0 Å². The number of nitrogens with two attached hydrogens (primary N) is 1. The zero-order valence-corrected chi connectivity index (χ0v) is 11.8. The third-order valence-electron chi connectivity index (χ3n) is 3.94. The molecular formula is C14H18N2O2S. The van der Waals surface area contributed by atoms with E-state index >= 15 is 0 Å². The zero-order chi connectivity index (χ0) is 13.6. The quantitative estimate of drug-likeness (QED) is 0.890. The molecular weight excluding hydrogens is 260 g/mol. The number of amides is 2. The van der Waals surface area contributed by atoms with Gasteiger partial charge in [-0.25, -0.2) is 0 Å². The molecule has 0 unspecified atom stereocenters. The number of rotatable bonds is 3. The number of nitrogens with one attached hydrogen (secondary N) is 1. The fraction of sp³-hybridized carbons (Fsp3) is 0.571. The van der Waals surface area contributed by atoms with Crippen molar-refractivity contribution < 1.29 is 9.59 Å². The van der Waals surface area contributed by atoms with Crippen LogP contribution in [0.2, 0.25) is 0 Å². The number of carbonyl (C=O) groups is 2. The zero-order valence-electron chi connectivity index (χ0n) is 11.0. The average Bonchev–Trinajstić information content (AvgIpc) is 3.11. The van der Waals surface area contributed by atoms with Crippen LogP contribution in [0.3, 0.4) is 0 Å². The summed E-state index contributed by atoms with van der Waals surface area (Å²) in [4.78, 5) is 24.8. The maximum Gasteiger partial charge on any atom is 0.251 e. The summed E-state index contributed by atoms with van der Waals surface area (Å²) in [6, 6.07) is 0. The molecule has 1 saturated carbocycles. The number of hydrogen-bond donors (Lipinski definition) is 2. The Balaban J connectivity index is 1.93. The van der Waals surface area contributed by atoms with Gasteiger partial charge in [0.05, 0.1) is 5.56 Å². The number of anilines is 1. The molecule has 0 spiro atoms. The summed E-state index contributed by atoms with van der Waals surface area (Å²) < 4.78 is 0. The molecule has 2 aliphatic rings. The highest BCUT2D eigenvalue weighted by Crippen LogP contribution is 2.40. The first-order chi connectivity index (χ1) is 9.06. The Morgan fingerprint density at radius 2 is 2.05 bits per heavy atom. The Hall–Kier alpha value is -1.36. The third kappa shape index (κ3) is 2.39. The van der Waals surface area contributed by atoms with Crippen molar-refractivity contribution in [1.29, 1.82) is 0 Å². The number of fused-ring (bicyclic) bond motifs is 1. The van der Waals surface area contributed by atoms with Gasteiger partial charge in [-0.05, 0) is 43.6 Å². The van der Waals surface area contributed by atoms with Crippen LogP contribution in [0.25, 0.3) is 0 Å². The van der Waals surface area contributed by atoms with E-state index in [2.05, 4.69) is 12.2 Å². The minimum absolute atomic E-state index is 0.0362. The highest BCUT2D eigenvalue weighted by molar-refractivity contribution is 7.17. The Labute approximate surface area is 116 Å². The van der Waals surface area contributed by atoms with Crippen LogP contribution in [0, 0.1) is 11.8 Å². The van der Waals surface area contributed by atoms with Crippen LogP contribution in [0.15, 0.2) is 0 Å². The average molecular weight is 278 g/mol. The standard InChI is InChI=1S/C14H18N2O2S/c1-7-2-5-9-10(6-7)19-14(11(9)12(15)17)16-13(18)8-3-4-8/h7-8H,2-6H2,1H3,(H2,15,17)(H,16,18)/t7-/m1/s1. The van der Waals surface area contributed by atoms with Crippen molar-refractivity contribution in [2.75, 3.05) is 5.32 Å². The van der Waals surface area contributed by atoms with E-state index in [4.69, 9.17) is 5.73 Å². The van der Waals surface area contributed by atoms with E-state index in [0.717, 1.165) is 37.7 Å². The predicted octanol–water partition coefficient (Wildman–Crippen LogP) is 2.32. The molecule has 1 aromatic rings. The summed E-state index contributed by atoms with van der Waals surface area (Å²) >= 11 is 1.53. The SMILES string of the molecule is C[C@@H]1CCc2c(sc(NC(=O)C3CC3)c2C(N)=O)C1. The summed E-state index contributed by atoms with van der Waals surface area (Å²) in [7, 11) is 0. The molecule has 2 aliphatic carbocycles. The van der Waals surface area contributed by atoms with E-state index in [0.29, 0.717) is 16.5 Å². The molecule has 0 saturated heterocycles. The molecule has 19 heavy (non-hydrogen) atoms. The van der Waals surface area contributed by atoms with E-state index in [9.17, 15) is 9.59 Å². The summed E-state index contributed by atoms with van der Waals surface area (Å²) in [6.45, 7) is 2.22. The lowest BCUT2D eigenvalue weighted by Crippen LogP contribution is -2.19. The third-order valence-corrected chi connectivity index (χ3v) is 5.11. The first-order valence-electron chi connectivity index (χ1n) is 6.81. The van der Waals surface area contributed by atoms with Crippen LogP contribution in [-0.2, 0) is 17.6 Å². The van der Waals surface area contributed by atoms with Gasteiger partial charge in [0, 0.05) is 10.8 Å². The molecule has 1 fully saturated rings. The predicted molar refractivity (Wildman–Crippen MR) is 75.4 cm³/mol. The van der Waals surface area contributed by atoms with E-state index < -0.39 is 5.91 Å². The molecule has 1 aromatic heterocycles. The lowest BCUT2D eigenvalue weighted by Gasteiger charge is -2.18. The molecule has 1 atom stereocenters. The molecule has 5 heteroatoms. The minimum atomic E-state index is -0.418. The van der Waals surface area contributed by atoms with Gasteiger partial charge in [-0.3, -0.25) is 9.59 Å². The van der Waals surface area contributed by atoms with Gasteiger partial charge >= 0.3 is 0 Å². The Morgan fingerprint density at radius 1 is 1.32 bits per heavy atom. The summed E-state index contributed by atoms with van der Waals surface area (Å²) in [5.41, 5.74) is 7.13. The summed E-state index contributed by atoms with van der Waals surface area (Å²) in [5, 5.41) is 3.57. The molecule has 0 aliphatic heterocycles. The lowest BCUT2D eigenvalue weighted by molar-refractivity contribution is -0.117. The number of primary amides is 1. The second-order valence-electron chi connectivity index (χ2n) is 5.68. The second kappa shape index (κ2) is 4.63. The maximum atomic E-state index is 11.9. The van der Waals surface area contributed by atoms with Crippen molar-refractivity contribution in [3.8, 4) is 0 Å². The van der Waals surface area contributed by atoms with Gasteiger partial charge in [0.2, 0.25) is 5.91 Å².